The molecule has 0 N–H and O–H groups in total. The van der Waals surface area contributed by atoms with Crippen LogP contribution in [0.5, 0.6) is 0 Å². The van der Waals surface area contributed by atoms with Crippen LogP contribution in [0.15, 0.2) is 29.2 Å². The molecule has 0 spiro atoms. The number of halogens is 1. The molecule has 2 heterocycles. The van der Waals surface area contributed by atoms with E-state index in [0.29, 0.717) is 42.3 Å². The highest BCUT2D eigenvalue weighted by Gasteiger charge is 2.37. The molecule has 0 bridgehead atoms. The molecule has 0 unspecified atom stereocenters. The summed E-state index contributed by atoms with van der Waals surface area (Å²) >= 11 is 6.04. The summed E-state index contributed by atoms with van der Waals surface area (Å²) in [5.74, 6) is 0. The Labute approximate surface area is 159 Å². The minimum atomic E-state index is -3.42. The van der Waals surface area contributed by atoms with Gasteiger partial charge in [0.25, 0.3) is 0 Å². The molecule has 0 radical (unpaired) electrons. The van der Waals surface area contributed by atoms with Crippen LogP contribution in [0.4, 0.5) is 10.5 Å². The zero-order valence-electron chi connectivity index (χ0n) is 14.9. The van der Waals surface area contributed by atoms with Crippen LogP contribution in [0.2, 0.25) is 5.02 Å². The molecule has 0 saturated carbocycles. The van der Waals surface area contributed by atoms with Crippen LogP contribution < -0.4 is 4.90 Å². The maximum absolute atomic E-state index is 12.7. The van der Waals surface area contributed by atoms with Crippen LogP contribution in [0.3, 0.4) is 0 Å². The fourth-order valence-electron chi connectivity index (χ4n) is 3.60. The first kappa shape index (κ1) is 19.2. The number of nitrogens with zero attached hydrogens (tertiary/aromatic N) is 2. The number of allylic oxidation sites excluding steroid dienone is 2. The third-order valence-corrected chi connectivity index (χ3v) is 7.45. The lowest BCUT2D eigenvalue weighted by molar-refractivity contribution is 0.136. The van der Waals surface area contributed by atoms with Gasteiger partial charge < -0.3 is 4.74 Å². The molecular formula is C18H23ClN2O4S. The number of amides is 1. The Balaban J connectivity index is 1.78. The number of piperidine rings is 1. The smallest absolute Gasteiger partial charge is 0.414 e. The van der Waals surface area contributed by atoms with Gasteiger partial charge in [0.05, 0.1) is 10.6 Å². The van der Waals surface area contributed by atoms with Crippen molar-refractivity contribution in [2.75, 3.05) is 18.0 Å². The normalized spacial score (nSPS) is 20.0. The average Bonchev–Trinajstić information content (AvgIpc) is 2.63. The lowest BCUT2D eigenvalue weighted by Crippen LogP contribution is -2.50. The largest absolute Gasteiger partial charge is 0.444 e. The van der Waals surface area contributed by atoms with E-state index < -0.39 is 10.0 Å². The molecule has 1 amide bonds. The van der Waals surface area contributed by atoms with Crippen molar-refractivity contribution in [1.82, 2.24) is 4.31 Å². The van der Waals surface area contributed by atoms with E-state index in [2.05, 4.69) is 0 Å². The van der Waals surface area contributed by atoms with Gasteiger partial charge >= 0.3 is 6.09 Å². The Morgan fingerprint density at radius 3 is 2.65 bits per heavy atom. The molecule has 6 nitrogen and oxygen atoms in total. The molecule has 1 aromatic carbocycles. The zero-order valence-corrected chi connectivity index (χ0v) is 16.5. The average molecular weight is 399 g/mol. The highest BCUT2D eigenvalue weighted by atomic mass is 35.5. The van der Waals surface area contributed by atoms with Crippen molar-refractivity contribution in [3.63, 3.8) is 0 Å². The molecule has 3 rings (SSSR count). The van der Waals surface area contributed by atoms with Crippen molar-refractivity contribution < 1.29 is 17.9 Å². The van der Waals surface area contributed by atoms with E-state index in [1.165, 1.54) is 4.31 Å². The Kier molecular flexibility index (Phi) is 5.60. The maximum atomic E-state index is 12.7. The van der Waals surface area contributed by atoms with E-state index in [-0.39, 0.29) is 18.7 Å². The number of carbonyl (C=O) groups excluding carboxylic acids is 1. The Hall–Kier alpha value is -1.57. The number of cyclic esters (lactones) is 1. The second-order valence-electron chi connectivity index (χ2n) is 6.44. The molecule has 0 aliphatic carbocycles. The lowest BCUT2D eigenvalue weighted by atomic mass is 10.0. The quantitative estimate of drug-likeness (QED) is 0.771. The molecule has 26 heavy (non-hydrogen) atoms. The number of fused-ring (bicyclic) bond motifs is 1. The van der Waals surface area contributed by atoms with Crippen molar-refractivity contribution in [3.05, 3.63) is 39.8 Å². The van der Waals surface area contributed by atoms with Gasteiger partial charge in [-0.05, 0) is 44.4 Å². The van der Waals surface area contributed by atoms with Crippen LogP contribution in [-0.2, 0) is 21.4 Å². The second kappa shape index (κ2) is 7.58. The molecule has 0 aromatic heterocycles. The van der Waals surface area contributed by atoms with Gasteiger partial charge in [0.2, 0.25) is 10.0 Å². The number of carbonyl (C=O) groups is 1. The third kappa shape index (κ3) is 3.48. The fraction of sp³-hybridized carbons (Fsp3) is 0.500. The zero-order chi connectivity index (χ0) is 18.9. The predicted octanol–water partition coefficient (Wildman–Crippen LogP) is 3.90. The highest BCUT2D eigenvalue weighted by molar-refractivity contribution is 7.93. The van der Waals surface area contributed by atoms with Crippen LogP contribution >= 0.6 is 11.6 Å². The molecule has 2 aliphatic rings. The van der Waals surface area contributed by atoms with Crippen LogP contribution in [0, 0.1) is 0 Å². The topological polar surface area (TPSA) is 66.9 Å². The van der Waals surface area contributed by atoms with Crippen molar-refractivity contribution in [2.24, 2.45) is 0 Å². The molecule has 8 heteroatoms. The van der Waals surface area contributed by atoms with Crippen molar-refractivity contribution in [2.45, 2.75) is 45.8 Å². The number of sulfonamides is 1. The Bertz CT molecular complexity index is 830. The minimum Gasteiger partial charge on any atom is -0.444 e. The summed E-state index contributed by atoms with van der Waals surface area (Å²) in [5.41, 5.74) is 1.67. The Morgan fingerprint density at radius 1 is 1.35 bits per heavy atom. The summed E-state index contributed by atoms with van der Waals surface area (Å²) in [6, 6.07) is 5.29. The number of anilines is 1. The molecule has 1 aromatic rings. The molecule has 0 atom stereocenters. The van der Waals surface area contributed by atoms with E-state index in [1.807, 2.05) is 13.0 Å². The monoisotopic (exact) mass is 398 g/mol. The van der Waals surface area contributed by atoms with Crippen LogP contribution in [0.25, 0.3) is 0 Å². The predicted molar refractivity (Wildman–Crippen MR) is 102 cm³/mol. The maximum Gasteiger partial charge on any atom is 0.414 e. The van der Waals surface area contributed by atoms with Gasteiger partial charge in [0.15, 0.2) is 0 Å². The highest BCUT2D eigenvalue weighted by Crippen LogP contribution is 2.34. The van der Waals surface area contributed by atoms with Gasteiger partial charge in [-0.25, -0.2) is 13.2 Å². The van der Waals surface area contributed by atoms with E-state index >= 15 is 0 Å². The summed E-state index contributed by atoms with van der Waals surface area (Å²) in [6.45, 7) is 4.56. The molecule has 1 saturated heterocycles. The first-order valence-electron chi connectivity index (χ1n) is 8.78. The molecule has 2 aliphatic heterocycles. The first-order valence-corrected chi connectivity index (χ1v) is 10.6. The standard InChI is InChI=1S/C18H23ClN2O4S/c1-3-16(4-2)26(23,24)20-9-7-15(8-10-20)21-17-6-5-14(19)11-13(17)12-25-18(21)22/h3,5-6,11,15H,4,7-10,12H2,1-2H3/b16-3+. The van der Waals surface area contributed by atoms with E-state index in [4.69, 9.17) is 16.3 Å². The van der Waals surface area contributed by atoms with Gasteiger partial charge in [-0.2, -0.15) is 4.31 Å². The summed E-state index contributed by atoms with van der Waals surface area (Å²) in [6.07, 6.45) is 2.88. The van der Waals surface area contributed by atoms with E-state index in [9.17, 15) is 13.2 Å². The molecule has 1 fully saturated rings. The van der Waals surface area contributed by atoms with Gasteiger partial charge in [0, 0.05) is 29.7 Å². The number of benzene rings is 1. The minimum absolute atomic E-state index is 0.0927. The molecular weight excluding hydrogens is 376 g/mol. The van der Waals surface area contributed by atoms with Crippen molar-refractivity contribution >= 4 is 33.4 Å². The number of hydrogen-bond acceptors (Lipinski definition) is 4. The SMILES string of the molecule is C/C=C(\CC)S(=O)(=O)N1CCC(N2C(=O)OCc3cc(Cl)ccc32)CC1. The van der Waals surface area contributed by atoms with Crippen LogP contribution in [0.1, 0.15) is 38.7 Å². The van der Waals surface area contributed by atoms with E-state index in [0.717, 1.165) is 11.3 Å². The van der Waals surface area contributed by atoms with Gasteiger partial charge in [-0.15, -0.1) is 0 Å². The summed E-state index contributed by atoms with van der Waals surface area (Å²) in [4.78, 5) is 14.4. The van der Waals surface area contributed by atoms with E-state index in [1.54, 1.807) is 30.0 Å². The van der Waals surface area contributed by atoms with Gasteiger partial charge in [-0.1, -0.05) is 24.6 Å². The first-order chi connectivity index (χ1) is 12.4. The summed E-state index contributed by atoms with van der Waals surface area (Å²) < 4.78 is 32.1. The fourth-order valence-corrected chi connectivity index (χ4v) is 5.48. The summed E-state index contributed by atoms with van der Waals surface area (Å²) in [5, 5.41) is 0.598. The van der Waals surface area contributed by atoms with Gasteiger partial charge in [-0.3, -0.25) is 4.90 Å². The number of rotatable bonds is 4. The lowest BCUT2D eigenvalue weighted by Gasteiger charge is -2.40. The number of hydrogen-bond donors (Lipinski definition) is 0. The van der Waals surface area contributed by atoms with Crippen molar-refractivity contribution in [1.29, 1.82) is 0 Å². The third-order valence-electron chi connectivity index (χ3n) is 4.98. The van der Waals surface area contributed by atoms with Gasteiger partial charge in [0.1, 0.15) is 6.61 Å². The molecule has 142 valence electrons. The second-order valence-corrected chi connectivity index (χ2v) is 8.87. The number of ether oxygens (including phenoxy) is 1. The van der Waals surface area contributed by atoms with Crippen LogP contribution in [-0.4, -0.2) is 37.9 Å². The summed E-state index contributed by atoms with van der Waals surface area (Å²) in [7, 11) is -3.42. The Morgan fingerprint density at radius 2 is 2.04 bits per heavy atom. The van der Waals surface area contributed by atoms with Crippen molar-refractivity contribution in [3.8, 4) is 0 Å².